The van der Waals surface area contributed by atoms with Crippen LogP contribution in [0.1, 0.15) is 11.1 Å². The number of hydrogen-bond acceptors (Lipinski definition) is 1. The quantitative estimate of drug-likeness (QED) is 0.797. The third-order valence-corrected chi connectivity index (χ3v) is 3.40. The SMILES string of the molecule is Fc1cc(F)cc(CNC(CCl)Cc2ccccc2)c1. The zero-order valence-corrected chi connectivity index (χ0v) is 11.7. The molecular weight excluding hydrogens is 280 g/mol. The lowest BCUT2D eigenvalue weighted by Gasteiger charge is -2.16. The molecular formula is C16H16ClF2N. The number of hydrogen-bond donors (Lipinski definition) is 1. The highest BCUT2D eigenvalue weighted by atomic mass is 35.5. The molecule has 1 unspecified atom stereocenters. The molecule has 0 fully saturated rings. The van der Waals surface area contributed by atoms with Crippen molar-refractivity contribution in [2.75, 3.05) is 5.88 Å². The van der Waals surface area contributed by atoms with Gasteiger partial charge in [-0.05, 0) is 29.7 Å². The Balaban J connectivity index is 1.93. The van der Waals surface area contributed by atoms with Gasteiger partial charge in [-0.2, -0.15) is 0 Å². The molecule has 0 radical (unpaired) electrons. The summed E-state index contributed by atoms with van der Waals surface area (Å²) in [4.78, 5) is 0. The Kier molecular flexibility index (Phi) is 5.50. The van der Waals surface area contributed by atoms with Crippen LogP contribution >= 0.6 is 11.6 Å². The molecule has 0 saturated carbocycles. The number of benzene rings is 2. The Hall–Kier alpha value is -1.45. The van der Waals surface area contributed by atoms with Gasteiger partial charge in [0.1, 0.15) is 11.6 Å². The predicted molar refractivity (Wildman–Crippen MR) is 77.9 cm³/mol. The van der Waals surface area contributed by atoms with Crippen molar-refractivity contribution in [3.05, 3.63) is 71.3 Å². The minimum Gasteiger partial charge on any atom is -0.308 e. The fourth-order valence-electron chi connectivity index (χ4n) is 2.06. The summed E-state index contributed by atoms with van der Waals surface area (Å²) in [6.45, 7) is 0.388. The fourth-order valence-corrected chi connectivity index (χ4v) is 2.27. The van der Waals surface area contributed by atoms with E-state index in [2.05, 4.69) is 5.32 Å². The van der Waals surface area contributed by atoms with Gasteiger partial charge in [0.25, 0.3) is 0 Å². The van der Waals surface area contributed by atoms with Crippen molar-refractivity contribution in [3.63, 3.8) is 0 Å². The number of rotatable bonds is 6. The van der Waals surface area contributed by atoms with Crippen LogP contribution < -0.4 is 5.32 Å². The molecule has 0 aromatic heterocycles. The minimum atomic E-state index is -0.563. The summed E-state index contributed by atoms with van der Waals surface area (Å²) in [5.74, 6) is -0.688. The molecule has 0 saturated heterocycles. The van der Waals surface area contributed by atoms with E-state index in [1.54, 1.807) is 0 Å². The number of alkyl halides is 1. The van der Waals surface area contributed by atoms with E-state index in [1.807, 2.05) is 30.3 Å². The van der Waals surface area contributed by atoms with Gasteiger partial charge in [0.05, 0.1) is 0 Å². The molecule has 0 aliphatic heterocycles. The highest BCUT2D eigenvalue weighted by Gasteiger charge is 2.08. The third-order valence-electron chi connectivity index (χ3n) is 3.03. The Morgan fingerprint density at radius 2 is 1.60 bits per heavy atom. The van der Waals surface area contributed by atoms with Crippen LogP contribution in [0.4, 0.5) is 8.78 Å². The first-order valence-corrected chi connectivity index (χ1v) is 6.99. The van der Waals surface area contributed by atoms with Crippen molar-refractivity contribution in [2.24, 2.45) is 0 Å². The monoisotopic (exact) mass is 295 g/mol. The molecule has 0 spiro atoms. The van der Waals surface area contributed by atoms with E-state index < -0.39 is 11.6 Å². The van der Waals surface area contributed by atoms with Crippen LogP contribution in [0, 0.1) is 11.6 Å². The summed E-state index contributed by atoms with van der Waals surface area (Å²) in [5, 5.41) is 3.22. The number of nitrogens with one attached hydrogen (secondary N) is 1. The van der Waals surface area contributed by atoms with E-state index in [0.29, 0.717) is 18.0 Å². The second kappa shape index (κ2) is 7.36. The van der Waals surface area contributed by atoms with Crippen molar-refractivity contribution < 1.29 is 8.78 Å². The van der Waals surface area contributed by atoms with Crippen LogP contribution in [-0.2, 0) is 13.0 Å². The van der Waals surface area contributed by atoms with Crippen LogP contribution in [0.2, 0.25) is 0 Å². The fraction of sp³-hybridized carbons (Fsp3) is 0.250. The lowest BCUT2D eigenvalue weighted by Crippen LogP contribution is -2.32. The molecule has 1 N–H and O–H groups in total. The van der Waals surface area contributed by atoms with Crippen LogP contribution in [0.15, 0.2) is 48.5 Å². The average molecular weight is 296 g/mol. The van der Waals surface area contributed by atoms with Gasteiger partial charge < -0.3 is 5.32 Å². The first-order chi connectivity index (χ1) is 9.67. The summed E-state index contributed by atoms with van der Waals surface area (Å²) in [7, 11) is 0. The summed E-state index contributed by atoms with van der Waals surface area (Å²) in [6.07, 6.45) is 0.780. The van der Waals surface area contributed by atoms with Crippen LogP contribution in [0.3, 0.4) is 0 Å². The maximum Gasteiger partial charge on any atom is 0.126 e. The van der Waals surface area contributed by atoms with E-state index in [1.165, 1.54) is 17.7 Å². The second-order valence-electron chi connectivity index (χ2n) is 4.70. The minimum absolute atomic E-state index is 0.0606. The molecule has 0 amide bonds. The summed E-state index contributed by atoms with van der Waals surface area (Å²) in [6, 6.07) is 13.5. The smallest absolute Gasteiger partial charge is 0.126 e. The molecule has 1 atom stereocenters. The summed E-state index contributed by atoms with van der Waals surface area (Å²) in [5.41, 5.74) is 1.75. The van der Waals surface area contributed by atoms with Crippen molar-refractivity contribution in [2.45, 2.75) is 19.0 Å². The molecule has 1 nitrogen and oxygen atoms in total. The first kappa shape index (κ1) is 14.9. The molecule has 0 aliphatic carbocycles. The zero-order valence-electron chi connectivity index (χ0n) is 11.0. The van der Waals surface area contributed by atoms with Gasteiger partial charge in [0.2, 0.25) is 0 Å². The van der Waals surface area contributed by atoms with Gasteiger partial charge in [-0.15, -0.1) is 11.6 Å². The molecule has 20 heavy (non-hydrogen) atoms. The summed E-state index contributed by atoms with van der Waals surface area (Å²) < 4.78 is 26.2. The largest absolute Gasteiger partial charge is 0.308 e. The lowest BCUT2D eigenvalue weighted by atomic mass is 10.1. The van der Waals surface area contributed by atoms with Gasteiger partial charge in [-0.3, -0.25) is 0 Å². The molecule has 4 heteroatoms. The standard InChI is InChI=1S/C16H16ClF2N/c17-10-16(8-12-4-2-1-3-5-12)20-11-13-6-14(18)9-15(19)7-13/h1-7,9,16,20H,8,10-11H2. The molecule has 2 rings (SSSR count). The molecule has 0 aliphatic rings. The summed E-state index contributed by atoms with van der Waals surface area (Å²) >= 11 is 5.94. The topological polar surface area (TPSA) is 12.0 Å². The normalized spacial score (nSPS) is 12.3. The Labute approximate surface area is 122 Å². The molecule has 2 aromatic rings. The van der Waals surface area contributed by atoms with Gasteiger partial charge in [-0.1, -0.05) is 30.3 Å². The molecule has 0 bridgehead atoms. The Bertz CT molecular complexity index is 525. The van der Waals surface area contributed by atoms with Crippen LogP contribution in [0.25, 0.3) is 0 Å². The third kappa shape index (κ3) is 4.58. The molecule has 106 valence electrons. The van der Waals surface area contributed by atoms with E-state index in [-0.39, 0.29) is 6.04 Å². The first-order valence-electron chi connectivity index (χ1n) is 6.45. The lowest BCUT2D eigenvalue weighted by molar-refractivity contribution is 0.539. The number of halogens is 3. The van der Waals surface area contributed by atoms with Crippen molar-refractivity contribution in [1.29, 1.82) is 0 Å². The van der Waals surface area contributed by atoms with Crippen LogP contribution in [-0.4, -0.2) is 11.9 Å². The highest BCUT2D eigenvalue weighted by Crippen LogP contribution is 2.09. The predicted octanol–water partition coefficient (Wildman–Crippen LogP) is 3.90. The molecule has 0 heterocycles. The van der Waals surface area contributed by atoms with E-state index in [9.17, 15) is 8.78 Å². The van der Waals surface area contributed by atoms with E-state index in [0.717, 1.165) is 12.5 Å². The van der Waals surface area contributed by atoms with E-state index in [4.69, 9.17) is 11.6 Å². The van der Waals surface area contributed by atoms with E-state index >= 15 is 0 Å². The van der Waals surface area contributed by atoms with Gasteiger partial charge in [-0.25, -0.2) is 8.78 Å². The van der Waals surface area contributed by atoms with Gasteiger partial charge in [0, 0.05) is 24.5 Å². The van der Waals surface area contributed by atoms with Crippen molar-refractivity contribution in [1.82, 2.24) is 5.32 Å². The van der Waals surface area contributed by atoms with Gasteiger partial charge >= 0.3 is 0 Å². The van der Waals surface area contributed by atoms with Crippen molar-refractivity contribution in [3.8, 4) is 0 Å². The Morgan fingerprint density at radius 1 is 0.950 bits per heavy atom. The average Bonchev–Trinajstić information content (AvgIpc) is 2.43. The van der Waals surface area contributed by atoms with Gasteiger partial charge in [0.15, 0.2) is 0 Å². The molecule has 2 aromatic carbocycles. The van der Waals surface area contributed by atoms with Crippen LogP contribution in [0.5, 0.6) is 0 Å². The maximum atomic E-state index is 13.1. The second-order valence-corrected chi connectivity index (χ2v) is 5.01. The Morgan fingerprint density at radius 3 is 2.20 bits per heavy atom. The highest BCUT2D eigenvalue weighted by molar-refractivity contribution is 6.18. The van der Waals surface area contributed by atoms with Crippen molar-refractivity contribution >= 4 is 11.6 Å². The zero-order chi connectivity index (χ0) is 14.4. The maximum absolute atomic E-state index is 13.1.